The van der Waals surface area contributed by atoms with E-state index in [9.17, 15) is 9.59 Å². The number of nitrogens with zero attached hydrogens (tertiary/aromatic N) is 3. The Balaban J connectivity index is 1.62. The molecule has 1 unspecified atom stereocenters. The van der Waals surface area contributed by atoms with E-state index in [1.807, 2.05) is 57.2 Å². The first-order valence-electron chi connectivity index (χ1n) is 12.5. The molecule has 2 heterocycles. The van der Waals surface area contributed by atoms with Gasteiger partial charge in [0.2, 0.25) is 5.91 Å². The van der Waals surface area contributed by atoms with Gasteiger partial charge in [-0.1, -0.05) is 49.1 Å². The highest BCUT2D eigenvalue weighted by atomic mass is 16.6. The molecule has 1 aliphatic rings. The smallest absolute Gasteiger partial charge is 0.435 e. The Morgan fingerprint density at radius 1 is 1.13 bits per heavy atom. The summed E-state index contributed by atoms with van der Waals surface area (Å²) in [7, 11) is 0. The number of hydrogen-bond acceptors (Lipinski definition) is 6. The molecule has 38 heavy (non-hydrogen) atoms. The van der Waals surface area contributed by atoms with Gasteiger partial charge in [-0.05, 0) is 75.9 Å². The van der Waals surface area contributed by atoms with Gasteiger partial charge in [0.25, 0.3) is 0 Å². The molecule has 8 nitrogen and oxygen atoms in total. The number of hydrogen-bond donors (Lipinski definition) is 2. The normalized spacial score (nSPS) is 14.9. The van der Waals surface area contributed by atoms with Crippen LogP contribution >= 0.6 is 0 Å². The standard InChI is InChI=1S/C30H33N5O3/c1-6-28(36)31-24-14-10-13-23(19-24)25-17-22(16-21-11-8-7-9-12-21)18-26(32-25)33-27-15-20(2)35(34-27)29(37)38-30(3,4)5/h6-15,17-18,23H,1,16,19H2,2-5H3,(H,31,36)(H,32,33,34). The van der Waals surface area contributed by atoms with Crippen molar-refractivity contribution in [2.75, 3.05) is 5.32 Å². The van der Waals surface area contributed by atoms with Gasteiger partial charge in [-0.25, -0.2) is 9.78 Å². The van der Waals surface area contributed by atoms with Gasteiger partial charge in [0.15, 0.2) is 5.82 Å². The molecule has 2 N–H and O–H groups in total. The van der Waals surface area contributed by atoms with Crippen molar-refractivity contribution in [3.05, 3.63) is 108 Å². The Hall–Kier alpha value is -4.46. The highest BCUT2D eigenvalue weighted by molar-refractivity contribution is 5.88. The van der Waals surface area contributed by atoms with Gasteiger partial charge in [-0.2, -0.15) is 4.68 Å². The second-order valence-corrected chi connectivity index (χ2v) is 10.2. The van der Waals surface area contributed by atoms with Crippen LogP contribution in [0.4, 0.5) is 16.4 Å². The zero-order valence-corrected chi connectivity index (χ0v) is 22.2. The highest BCUT2D eigenvalue weighted by Gasteiger charge is 2.21. The minimum absolute atomic E-state index is 0.0301. The van der Waals surface area contributed by atoms with Crippen molar-refractivity contribution in [1.82, 2.24) is 20.1 Å². The lowest BCUT2D eigenvalue weighted by Crippen LogP contribution is -2.28. The Labute approximate surface area is 223 Å². The topological polar surface area (TPSA) is 98.1 Å². The molecule has 1 aromatic carbocycles. The number of aromatic nitrogens is 3. The van der Waals surface area contributed by atoms with E-state index in [1.165, 1.54) is 16.3 Å². The van der Waals surface area contributed by atoms with E-state index in [0.717, 1.165) is 23.4 Å². The van der Waals surface area contributed by atoms with Gasteiger partial charge in [-0.3, -0.25) is 4.79 Å². The van der Waals surface area contributed by atoms with E-state index in [-0.39, 0.29) is 11.8 Å². The van der Waals surface area contributed by atoms with Crippen LogP contribution in [0.25, 0.3) is 0 Å². The van der Waals surface area contributed by atoms with Crippen molar-refractivity contribution >= 4 is 23.6 Å². The van der Waals surface area contributed by atoms with Crippen molar-refractivity contribution in [2.45, 2.75) is 52.1 Å². The third kappa shape index (κ3) is 7.06. The zero-order chi connectivity index (χ0) is 27.3. The maximum absolute atomic E-state index is 12.6. The Bertz CT molecular complexity index is 1400. The number of allylic oxidation sites excluding steroid dienone is 4. The molecule has 0 fully saturated rings. The van der Waals surface area contributed by atoms with Gasteiger partial charge >= 0.3 is 6.09 Å². The number of nitrogens with one attached hydrogen (secondary N) is 2. The van der Waals surface area contributed by atoms with Crippen LogP contribution in [0.2, 0.25) is 0 Å². The summed E-state index contributed by atoms with van der Waals surface area (Å²) in [6.45, 7) is 10.8. The molecule has 0 spiro atoms. The number of aryl methyl sites for hydroxylation is 1. The zero-order valence-electron chi connectivity index (χ0n) is 22.2. The van der Waals surface area contributed by atoms with Crippen molar-refractivity contribution in [3.8, 4) is 0 Å². The van der Waals surface area contributed by atoms with Crippen molar-refractivity contribution in [2.24, 2.45) is 0 Å². The predicted octanol–water partition coefficient (Wildman–Crippen LogP) is 5.93. The molecule has 0 bridgehead atoms. The number of ether oxygens (including phenoxy) is 1. The van der Waals surface area contributed by atoms with Crippen LogP contribution < -0.4 is 10.6 Å². The summed E-state index contributed by atoms with van der Waals surface area (Å²) < 4.78 is 6.71. The first kappa shape index (κ1) is 26.6. The molecule has 0 saturated carbocycles. The summed E-state index contributed by atoms with van der Waals surface area (Å²) in [4.78, 5) is 29.3. The van der Waals surface area contributed by atoms with Crippen LogP contribution in [0.1, 0.15) is 55.6 Å². The fourth-order valence-corrected chi connectivity index (χ4v) is 4.14. The average molecular weight is 512 g/mol. The van der Waals surface area contributed by atoms with Crippen molar-refractivity contribution < 1.29 is 14.3 Å². The van der Waals surface area contributed by atoms with Gasteiger partial charge in [0, 0.05) is 23.4 Å². The van der Waals surface area contributed by atoms with Crippen LogP contribution in [0.3, 0.4) is 0 Å². The lowest BCUT2D eigenvalue weighted by atomic mass is 9.92. The monoisotopic (exact) mass is 511 g/mol. The fourth-order valence-electron chi connectivity index (χ4n) is 4.14. The predicted molar refractivity (Wildman–Crippen MR) is 148 cm³/mol. The van der Waals surface area contributed by atoms with Crippen molar-refractivity contribution in [3.63, 3.8) is 0 Å². The largest absolute Gasteiger partial charge is 0.442 e. The molecule has 4 rings (SSSR count). The number of rotatable bonds is 7. The molecule has 8 heteroatoms. The Morgan fingerprint density at radius 3 is 2.61 bits per heavy atom. The average Bonchev–Trinajstić information content (AvgIpc) is 3.23. The molecule has 1 atom stereocenters. The number of carbonyl (C=O) groups is 2. The third-order valence-electron chi connectivity index (χ3n) is 5.80. The minimum atomic E-state index is -0.628. The number of benzene rings is 1. The maximum atomic E-state index is 12.6. The first-order valence-corrected chi connectivity index (χ1v) is 12.5. The number of amides is 1. The number of anilines is 2. The SMILES string of the molecule is C=CC(=O)NC1=CC=CC(c2cc(Cc3ccccc3)cc(Nc3cc(C)n(C(=O)OC(C)(C)C)n3)n2)C1. The summed E-state index contributed by atoms with van der Waals surface area (Å²) in [5, 5.41) is 10.5. The van der Waals surface area contributed by atoms with Gasteiger partial charge in [0.1, 0.15) is 11.4 Å². The minimum Gasteiger partial charge on any atom is -0.442 e. The van der Waals surface area contributed by atoms with E-state index in [1.54, 1.807) is 13.0 Å². The van der Waals surface area contributed by atoms with Crippen molar-refractivity contribution in [1.29, 1.82) is 0 Å². The molecule has 2 aromatic heterocycles. The fraction of sp³-hybridized carbons (Fsp3) is 0.267. The highest BCUT2D eigenvalue weighted by Crippen LogP contribution is 2.29. The third-order valence-corrected chi connectivity index (χ3v) is 5.80. The summed E-state index contributed by atoms with van der Waals surface area (Å²) in [6, 6.07) is 16.1. The van der Waals surface area contributed by atoms with Crippen LogP contribution in [-0.2, 0) is 16.0 Å². The molecule has 0 aliphatic heterocycles. The van der Waals surface area contributed by atoms with Crippen LogP contribution in [0, 0.1) is 6.92 Å². The first-order chi connectivity index (χ1) is 18.1. The Kier molecular flexibility index (Phi) is 7.90. The molecule has 196 valence electrons. The molecule has 3 aromatic rings. The molecule has 1 aliphatic carbocycles. The van der Waals surface area contributed by atoms with E-state index in [4.69, 9.17) is 9.72 Å². The molecule has 1 amide bonds. The van der Waals surface area contributed by atoms with Crippen LogP contribution in [0.15, 0.2) is 85.1 Å². The van der Waals surface area contributed by atoms with Gasteiger partial charge in [0.05, 0.1) is 5.69 Å². The summed E-state index contributed by atoms with van der Waals surface area (Å²) >= 11 is 0. The lowest BCUT2D eigenvalue weighted by molar-refractivity contribution is -0.115. The lowest BCUT2D eigenvalue weighted by Gasteiger charge is -2.20. The van der Waals surface area contributed by atoms with E-state index < -0.39 is 11.7 Å². The maximum Gasteiger partial charge on any atom is 0.435 e. The number of pyridine rings is 1. The van der Waals surface area contributed by atoms with Gasteiger partial charge < -0.3 is 15.4 Å². The molecule has 0 saturated heterocycles. The van der Waals surface area contributed by atoms with Gasteiger partial charge in [-0.15, -0.1) is 5.10 Å². The summed E-state index contributed by atoms with van der Waals surface area (Å²) in [5.41, 5.74) is 3.94. The molecular weight excluding hydrogens is 478 g/mol. The van der Waals surface area contributed by atoms with E-state index in [0.29, 0.717) is 23.8 Å². The summed E-state index contributed by atoms with van der Waals surface area (Å²) in [5.74, 6) is 0.829. The van der Waals surface area contributed by atoms with E-state index in [2.05, 4.69) is 46.6 Å². The summed E-state index contributed by atoms with van der Waals surface area (Å²) in [6.07, 6.45) is 7.93. The number of carbonyl (C=O) groups excluding carboxylic acids is 2. The van der Waals surface area contributed by atoms with E-state index >= 15 is 0 Å². The quantitative estimate of drug-likeness (QED) is 0.381. The molecular formula is C30H33N5O3. The Morgan fingerprint density at radius 2 is 1.89 bits per heavy atom. The van der Waals surface area contributed by atoms with Crippen LogP contribution in [-0.4, -0.2) is 32.4 Å². The van der Waals surface area contributed by atoms with Crippen LogP contribution in [0.5, 0.6) is 0 Å². The molecule has 0 radical (unpaired) electrons. The second-order valence-electron chi connectivity index (χ2n) is 10.2. The second kappa shape index (κ2) is 11.3.